The lowest BCUT2D eigenvalue weighted by Gasteiger charge is -2.13. The number of alkyl halides is 3. The number of hydrogen-bond donors (Lipinski definition) is 5. The van der Waals surface area contributed by atoms with E-state index in [1.807, 2.05) is 0 Å². The predicted octanol–water partition coefficient (Wildman–Crippen LogP) is 2.61. The number of hydrogen-bond acceptors (Lipinski definition) is 6. The maximum atomic E-state index is 13.8. The summed E-state index contributed by atoms with van der Waals surface area (Å²) in [4.78, 5) is 33.7. The summed E-state index contributed by atoms with van der Waals surface area (Å²) >= 11 is 0. The molecule has 0 fully saturated rings. The van der Waals surface area contributed by atoms with Crippen molar-refractivity contribution in [2.45, 2.75) is 43.0 Å². The van der Waals surface area contributed by atoms with Crippen LogP contribution in [0.4, 0.5) is 17.6 Å². The van der Waals surface area contributed by atoms with Crippen molar-refractivity contribution in [2.24, 2.45) is 10.9 Å². The maximum Gasteiger partial charge on any atom is 0.490 e. The van der Waals surface area contributed by atoms with Crippen molar-refractivity contribution in [3.63, 3.8) is 0 Å². The molecule has 0 bridgehead atoms. The first-order chi connectivity index (χ1) is 19.6. The van der Waals surface area contributed by atoms with Gasteiger partial charge in [-0.25, -0.2) is 22.7 Å². The normalized spacial score (nSPS) is 12.0. The van der Waals surface area contributed by atoms with E-state index in [1.165, 1.54) is 18.2 Å². The number of benzene rings is 3. The van der Waals surface area contributed by atoms with Crippen molar-refractivity contribution in [3.8, 4) is 0 Å². The molecule has 0 aromatic heterocycles. The van der Waals surface area contributed by atoms with Crippen LogP contribution in [0.2, 0.25) is 0 Å². The van der Waals surface area contributed by atoms with Crippen molar-refractivity contribution < 1.29 is 45.5 Å². The monoisotopic (exact) mass is 612 g/mol. The van der Waals surface area contributed by atoms with Crippen LogP contribution in [0.5, 0.6) is 0 Å². The summed E-state index contributed by atoms with van der Waals surface area (Å²) in [5, 5.41) is 17.7. The van der Waals surface area contributed by atoms with Crippen molar-refractivity contribution in [1.82, 2.24) is 10.6 Å². The second-order valence-corrected chi connectivity index (χ2v) is 10.5. The Labute approximate surface area is 238 Å². The van der Waals surface area contributed by atoms with E-state index in [0.29, 0.717) is 16.7 Å². The number of nitrogens with one attached hydrogen (secondary N) is 2. The minimum absolute atomic E-state index is 0.00416. The number of aliphatic carboxylic acids is 1. The fraction of sp³-hybridized carbons (Fsp3) is 0.222. The Bertz CT molecular complexity index is 1500. The van der Waals surface area contributed by atoms with Gasteiger partial charge in [0.15, 0.2) is 0 Å². The summed E-state index contributed by atoms with van der Waals surface area (Å²) < 4.78 is 68.1. The predicted molar refractivity (Wildman–Crippen MR) is 144 cm³/mol. The van der Waals surface area contributed by atoms with E-state index in [2.05, 4.69) is 10.6 Å². The van der Waals surface area contributed by atoms with Gasteiger partial charge in [0, 0.05) is 31.1 Å². The van der Waals surface area contributed by atoms with Crippen LogP contribution in [0, 0.1) is 5.82 Å². The van der Waals surface area contributed by atoms with E-state index >= 15 is 0 Å². The summed E-state index contributed by atoms with van der Waals surface area (Å²) in [6.45, 7) is 0.409. The van der Waals surface area contributed by atoms with E-state index in [1.54, 1.807) is 54.6 Å². The minimum atomic E-state index is -5.08. The van der Waals surface area contributed by atoms with Crippen LogP contribution in [-0.4, -0.2) is 43.5 Å². The van der Waals surface area contributed by atoms with Crippen LogP contribution >= 0.6 is 0 Å². The fourth-order valence-electron chi connectivity index (χ4n) is 3.43. The number of primary sulfonamides is 1. The lowest BCUT2D eigenvalue weighted by molar-refractivity contribution is -0.192. The lowest BCUT2D eigenvalue weighted by atomic mass is 10.0. The standard InChI is InChI=1S/C25H27FN4O4S.C2HF3O2/c26-23-7-2-1-5-19(23)13-21(27)14-24(31)29-16-18-4-3-6-20(12-18)25(32)30-15-17-8-10-22(11-9-17)35(28,33)34;3-2(4,5)1(6)7/h1-12,21H,13-16,27H2,(H,29,31)(H,30,32)(H2,28,33,34);(H,6,7)/t21-;/m1./s1. The van der Waals surface area contributed by atoms with Gasteiger partial charge in [-0.3, -0.25) is 9.59 Å². The Kier molecular flexibility index (Phi) is 12.1. The van der Waals surface area contributed by atoms with Crippen LogP contribution in [0.3, 0.4) is 0 Å². The summed E-state index contributed by atoms with van der Waals surface area (Å²) in [6, 6.07) is 18.5. The zero-order valence-electron chi connectivity index (χ0n) is 21.9. The first-order valence-corrected chi connectivity index (χ1v) is 13.7. The molecule has 3 rings (SSSR count). The number of nitrogens with two attached hydrogens (primary N) is 2. The molecule has 10 nitrogen and oxygen atoms in total. The topological polar surface area (TPSA) is 182 Å². The van der Waals surface area contributed by atoms with Crippen LogP contribution < -0.4 is 21.5 Å². The van der Waals surface area contributed by atoms with Gasteiger partial charge >= 0.3 is 12.1 Å². The molecule has 0 aliphatic rings. The van der Waals surface area contributed by atoms with Gasteiger partial charge in [0.2, 0.25) is 15.9 Å². The van der Waals surface area contributed by atoms with Gasteiger partial charge in [-0.1, -0.05) is 42.5 Å². The van der Waals surface area contributed by atoms with Crippen molar-refractivity contribution in [3.05, 3.63) is 101 Å². The van der Waals surface area contributed by atoms with Gasteiger partial charge in [0.1, 0.15) is 5.82 Å². The van der Waals surface area contributed by atoms with E-state index < -0.39 is 28.2 Å². The Morgan fingerprint density at radius 2 is 1.48 bits per heavy atom. The molecule has 2 amide bonds. The molecular weight excluding hydrogens is 584 g/mol. The van der Waals surface area contributed by atoms with E-state index in [9.17, 15) is 35.6 Å². The number of sulfonamides is 1. The number of halogens is 4. The van der Waals surface area contributed by atoms with E-state index in [4.69, 9.17) is 20.8 Å². The molecule has 1 atom stereocenters. The summed E-state index contributed by atoms with van der Waals surface area (Å²) in [5.41, 5.74) is 8.32. The van der Waals surface area contributed by atoms with Gasteiger partial charge in [-0.2, -0.15) is 13.2 Å². The van der Waals surface area contributed by atoms with Crippen LogP contribution in [-0.2, 0) is 39.1 Å². The average Bonchev–Trinajstić information content (AvgIpc) is 2.91. The highest BCUT2D eigenvalue weighted by atomic mass is 32.2. The molecule has 0 spiro atoms. The Morgan fingerprint density at radius 3 is 2.05 bits per heavy atom. The van der Waals surface area contributed by atoms with Gasteiger partial charge in [0.25, 0.3) is 5.91 Å². The second-order valence-electron chi connectivity index (χ2n) is 8.91. The smallest absolute Gasteiger partial charge is 0.475 e. The largest absolute Gasteiger partial charge is 0.490 e. The molecule has 0 saturated heterocycles. The van der Waals surface area contributed by atoms with E-state index in [0.717, 1.165) is 5.56 Å². The average molecular weight is 613 g/mol. The third kappa shape index (κ3) is 11.6. The highest BCUT2D eigenvalue weighted by molar-refractivity contribution is 7.89. The van der Waals surface area contributed by atoms with Crippen molar-refractivity contribution in [1.29, 1.82) is 0 Å². The lowest BCUT2D eigenvalue weighted by Crippen LogP contribution is -2.33. The fourth-order valence-corrected chi connectivity index (χ4v) is 3.95. The maximum absolute atomic E-state index is 13.8. The van der Waals surface area contributed by atoms with Gasteiger partial charge in [0.05, 0.1) is 4.90 Å². The highest BCUT2D eigenvalue weighted by Gasteiger charge is 2.38. The van der Waals surface area contributed by atoms with Gasteiger partial charge in [-0.05, 0) is 53.4 Å². The molecule has 0 radical (unpaired) electrons. The molecule has 0 aliphatic heterocycles. The van der Waals surface area contributed by atoms with Gasteiger partial charge in [-0.15, -0.1) is 0 Å². The quantitative estimate of drug-likeness (QED) is 0.218. The molecule has 7 N–H and O–H groups in total. The molecule has 226 valence electrons. The summed E-state index contributed by atoms with van der Waals surface area (Å²) in [7, 11) is -3.77. The van der Waals surface area contributed by atoms with Gasteiger partial charge < -0.3 is 21.5 Å². The Balaban J connectivity index is 0.000000782. The molecule has 0 saturated carbocycles. The first-order valence-electron chi connectivity index (χ1n) is 12.1. The number of rotatable bonds is 10. The number of carbonyl (C=O) groups is 3. The Hall–Kier alpha value is -4.34. The van der Waals surface area contributed by atoms with Crippen molar-refractivity contribution >= 4 is 27.8 Å². The molecule has 3 aromatic carbocycles. The zero-order valence-corrected chi connectivity index (χ0v) is 22.7. The third-order valence-corrected chi connectivity index (χ3v) is 6.44. The third-order valence-electron chi connectivity index (χ3n) is 5.51. The SMILES string of the molecule is N[C@@H](CC(=O)NCc1cccc(C(=O)NCc2ccc(S(N)(=O)=O)cc2)c1)Cc1ccccc1F.O=C(O)C(F)(F)F. The Morgan fingerprint density at radius 1 is 0.881 bits per heavy atom. The molecule has 42 heavy (non-hydrogen) atoms. The number of carboxylic acids is 1. The number of carbonyl (C=O) groups excluding carboxylic acids is 2. The van der Waals surface area contributed by atoms with Crippen molar-refractivity contribution in [2.75, 3.05) is 0 Å². The molecule has 15 heteroatoms. The molecule has 3 aromatic rings. The molecular formula is C27H28F4N4O6S. The van der Waals surface area contributed by atoms with Crippen LogP contribution in [0.1, 0.15) is 33.5 Å². The summed E-state index contributed by atoms with van der Waals surface area (Å²) in [6.07, 6.45) is -4.79. The van der Waals surface area contributed by atoms with Crippen LogP contribution in [0.15, 0.2) is 77.7 Å². The van der Waals surface area contributed by atoms with Crippen LogP contribution in [0.25, 0.3) is 0 Å². The van der Waals surface area contributed by atoms with E-state index in [-0.39, 0.29) is 48.5 Å². The molecule has 0 unspecified atom stereocenters. The minimum Gasteiger partial charge on any atom is -0.475 e. The first kappa shape index (κ1) is 33.9. The highest BCUT2D eigenvalue weighted by Crippen LogP contribution is 2.13. The zero-order chi connectivity index (χ0) is 31.5. The molecule has 0 aliphatic carbocycles. The second kappa shape index (κ2) is 15.0. The summed E-state index contributed by atoms with van der Waals surface area (Å²) in [5.74, 6) is -3.70. The number of amides is 2. The molecule has 0 heterocycles. The number of carboxylic acid groups (broad SMARTS) is 1.